The lowest BCUT2D eigenvalue weighted by atomic mass is 10.0. The minimum Gasteiger partial charge on any atom is -0.398 e. The molecule has 0 aromatic heterocycles. The third-order valence-electron chi connectivity index (χ3n) is 3.48. The van der Waals surface area contributed by atoms with Gasteiger partial charge in [-0.3, -0.25) is 0 Å². The van der Waals surface area contributed by atoms with Crippen molar-refractivity contribution in [1.82, 2.24) is 0 Å². The van der Waals surface area contributed by atoms with Crippen LogP contribution in [0.2, 0.25) is 0 Å². The largest absolute Gasteiger partial charge is 0.398 e. The van der Waals surface area contributed by atoms with E-state index < -0.39 is 15.7 Å². The summed E-state index contributed by atoms with van der Waals surface area (Å²) in [5.74, 6) is -0.685. The van der Waals surface area contributed by atoms with E-state index in [2.05, 4.69) is 0 Å². The number of halogens is 1. The number of rotatable bonds is 3. The van der Waals surface area contributed by atoms with Crippen molar-refractivity contribution < 1.29 is 12.8 Å². The highest BCUT2D eigenvalue weighted by molar-refractivity contribution is 7.90. The number of hydrogen-bond donors (Lipinski definition) is 1. The van der Waals surface area contributed by atoms with Crippen molar-refractivity contribution >= 4 is 15.5 Å². The van der Waals surface area contributed by atoms with Gasteiger partial charge in [0.2, 0.25) is 0 Å². The predicted molar refractivity (Wildman–Crippen MR) is 82.4 cm³/mol. The van der Waals surface area contributed by atoms with E-state index in [9.17, 15) is 12.8 Å². The first-order valence-corrected chi connectivity index (χ1v) is 8.20. The van der Waals surface area contributed by atoms with E-state index in [4.69, 9.17) is 5.73 Å². The first-order valence-electron chi connectivity index (χ1n) is 6.55. The van der Waals surface area contributed by atoms with Gasteiger partial charge in [-0.25, -0.2) is 12.8 Å². The van der Waals surface area contributed by atoms with Gasteiger partial charge in [-0.2, -0.15) is 0 Å². The lowest BCUT2D eigenvalue weighted by molar-refractivity contribution is 0.594. The molecule has 2 rings (SSSR count). The fourth-order valence-electron chi connectivity index (χ4n) is 2.51. The second-order valence-corrected chi connectivity index (χ2v) is 7.28. The van der Waals surface area contributed by atoms with E-state index in [0.29, 0.717) is 0 Å². The average molecular weight is 307 g/mol. The zero-order chi connectivity index (χ0) is 15.8. The zero-order valence-corrected chi connectivity index (χ0v) is 13.1. The molecule has 2 aromatic rings. The predicted octanol–water partition coefficient (Wildman–Crippen LogP) is 3.31. The first-order chi connectivity index (χ1) is 9.70. The molecule has 0 aliphatic rings. The molecule has 0 saturated heterocycles. The lowest BCUT2D eigenvalue weighted by Gasteiger charge is -2.13. The van der Waals surface area contributed by atoms with Crippen molar-refractivity contribution in [3.05, 3.63) is 58.4 Å². The Hall–Kier alpha value is -1.88. The maximum atomic E-state index is 13.1. The molecule has 21 heavy (non-hydrogen) atoms. The van der Waals surface area contributed by atoms with E-state index >= 15 is 0 Å². The molecule has 5 heteroatoms. The van der Waals surface area contributed by atoms with Gasteiger partial charge in [0, 0.05) is 0 Å². The van der Waals surface area contributed by atoms with Crippen molar-refractivity contribution in [2.75, 3.05) is 5.73 Å². The third-order valence-corrected chi connectivity index (χ3v) is 5.19. The van der Waals surface area contributed by atoms with Crippen LogP contribution in [0.1, 0.15) is 22.3 Å². The van der Waals surface area contributed by atoms with Crippen LogP contribution in [0, 0.1) is 26.6 Å². The van der Waals surface area contributed by atoms with E-state index in [1.54, 1.807) is 0 Å². The highest BCUT2D eigenvalue weighted by Gasteiger charge is 2.21. The van der Waals surface area contributed by atoms with Gasteiger partial charge in [0.05, 0.1) is 16.3 Å². The second kappa shape index (κ2) is 5.48. The molecule has 112 valence electrons. The van der Waals surface area contributed by atoms with E-state index in [1.165, 1.54) is 6.07 Å². The highest BCUT2D eigenvalue weighted by Crippen LogP contribution is 2.26. The van der Waals surface area contributed by atoms with E-state index in [-0.39, 0.29) is 16.3 Å². The Bertz CT molecular complexity index is 775. The Labute approximate surface area is 124 Å². The van der Waals surface area contributed by atoms with Crippen LogP contribution in [0.15, 0.2) is 35.2 Å². The number of aryl methyl sites for hydroxylation is 3. The minimum atomic E-state index is -3.61. The van der Waals surface area contributed by atoms with Crippen LogP contribution in [0.25, 0.3) is 0 Å². The fourth-order valence-corrected chi connectivity index (χ4v) is 4.19. The molecule has 0 unspecified atom stereocenters. The van der Waals surface area contributed by atoms with Crippen LogP contribution < -0.4 is 5.73 Å². The van der Waals surface area contributed by atoms with Gasteiger partial charge in [0.15, 0.2) is 9.84 Å². The molecular weight excluding hydrogens is 289 g/mol. The average Bonchev–Trinajstić information content (AvgIpc) is 2.33. The SMILES string of the molecule is Cc1cc(C)c(CS(=O)(=O)c2ccc(F)cc2N)c(C)c1. The van der Waals surface area contributed by atoms with Gasteiger partial charge in [0.25, 0.3) is 0 Å². The molecule has 2 N–H and O–H groups in total. The topological polar surface area (TPSA) is 60.2 Å². The molecule has 0 aliphatic heterocycles. The maximum Gasteiger partial charge on any atom is 0.184 e. The first kappa shape index (κ1) is 15.5. The summed E-state index contributed by atoms with van der Waals surface area (Å²) in [6, 6.07) is 7.26. The van der Waals surface area contributed by atoms with Crippen LogP contribution >= 0.6 is 0 Å². The lowest BCUT2D eigenvalue weighted by Crippen LogP contribution is -2.10. The molecule has 0 atom stereocenters. The summed E-state index contributed by atoms with van der Waals surface area (Å²) in [5, 5.41) is 0. The van der Waals surface area contributed by atoms with Gasteiger partial charge in [-0.15, -0.1) is 0 Å². The summed E-state index contributed by atoms with van der Waals surface area (Å²) in [6.07, 6.45) is 0. The van der Waals surface area contributed by atoms with Crippen molar-refractivity contribution in [1.29, 1.82) is 0 Å². The van der Waals surface area contributed by atoms with Gasteiger partial charge in [-0.05, 0) is 55.7 Å². The summed E-state index contributed by atoms with van der Waals surface area (Å²) >= 11 is 0. The Morgan fingerprint density at radius 2 is 1.62 bits per heavy atom. The standard InChI is InChI=1S/C16H18FNO2S/c1-10-6-11(2)14(12(3)7-10)9-21(19,20)16-5-4-13(17)8-15(16)18/h4-8H,9,18H2,1-3H3. The molecule has 0 aliphatic carbocycles. The van der Waals surface area contributed by atoms with Crippen LogP contribution in [0.4, 0.5) is 10.1 Å². The number of anilines is 1. The molecule has 0 spiro atoms. The fraction of sp³-hybridized carbons (Fsp3) is 0.250. The number of nitrogens with two attached hydrogens (primary N) is 1. The maximum absolute atomic E-state index is 13.1. The molecule has 3 nitrogen and oxygen atoms in total. The van der Waals surface area contributed by atoms with Crippen molar-refractivity contribution in [3.8, 4) is 0 Å². The summed E-state index contributed by atoms with van der Waals surface area (Å²) in [7, 11) is -3.61. The Balaban J connectivity index is 2.47. The highest BCUT2D eigenvalue weighted by atomic mass is 32.2. The zero-order valence-electron chi connectivity index (χ0n) is 12.3. The van der Waals surface area contributed by atoms with Crippen LogP contribution in [0.3, 0.4) is 0 Å². The minimum absolute atomic E-state index is 0.0247. The number of benzene rings is 2. The normalized spacial score (nSPS) is 11.6. The molecule has 0 bridgehead atoms. The molecule has 0 fully saturated rings. The van der Waals surface area contributed by atoms with Crippen molar-refractivity contribution in [2.24, 2.45) is 0 Å². The number of sulfone groups is 1. The van der Waals surface area contributed by atoms with E-state index in [0.717, 1.165) is 34.4 Å². The van der Waals surface area contributed by atoms with Crippen molar-refractivity contribution in [3.63, 3.8) is 0 Å². The summed E-state index contributed by atoms with van der Waals surface area (Å²) in [4.78, 5) is -0.0247. The molecule has 2 aromatic carbocycles. The van der Waals surface area contributed by atoms with Gasteiger partial charge in [-0.1, -0.05) is 17.7 Å². The van der Waals surface area contributed by atoms with Crippen LogP contribution in [0.5, 0.6) is 0 Å². The van der Waals surface area contributed by atoms with Crippen LogP contribution in [-0.4, -0.2) is 8.42 Å². The van der Waals surface area contributed by atoms with Gasteiger partial charge >= 0.3 is 0 Å². The summed E-state index contributed by atoms with van der Waals surface area (Å²) in [5.41, 5.74) is 9.30. The Morgan fingerprint density at radius 1 is 1.05 bits per heavy atom. The Kier molecular flexibility index (Phi) is 4.05. The molecule has 0 amide bonds. The number of nitrogen functional groups attached to an aromatic ring is 1. The van der Waals surface area contributed by atoms with Crippen molar-refractivity contribution in [2.45, 2.75) is 31.4 Å². The van der Waals surface area contributed by atoms with Gasteiger partial charge < -0.3 is 5.73 Å². The quantitative estimate of drug-likeness (QED) is 0.699. The Morgan fingerprint density at radius 3 is 2.14 bits per heavy atom. The third kappa shape index (κ3) is 3.24. The molecule has 0 radical (unpaired) electrons. The van der Waals surface area contributed by atoms with E-state index in [1.807, 2.05) is 32.9 Å². The second-order valence-electron chi connectivity index (χ2n) is 5.32. The monoisotopic (exact) mass is 307 g/mol. The molecular formula is C16H18FNO2S. The summed E-state index contributed by atoms with van der Waals surface area (Å²) in [6.45, 7) is 5.74. The van der Waals surface area contributed by atoms with Gasteiger partial charge in [0.1, 0.15) is 5.82 Å². The summed E-state index contributed by atoms with van der Waals surface area (Å²) < 4.78 is 38.1. The van der Waals surface area contributed by atoms with Crippen LogP contribution in [-0.2, 0) is 15.6 Å². The number of hydrogen-bond acceptors (Lipinski definition) is 3. The smallest absolute Gasteiger partial charge is 0.184 e. The molecule has 0 heterocycles. The molecule has 0 saturated carbocycles.